The molecule has 0 aromatic carbocycles. The molecule has 2 aliphatic rings. The van der Waals surface area contributed by atoms with Crippen molar-refractivity contribution in [2.45, 2.75) is 63.1 Å². The van der Waals surface area contributed by atoms with E-state index in [1.807, 2.05) is 0 Å². The van der Waals surface area contributed by atoms with Crippen molar-refractivity contribution in [2.75, 3.05) is 6.61 Å². The molecule has 4 nitrogen and oxygen atoms in total. The largest absolute Gasteiger partial charge is 0.378 e. The van der Waals surface area contributed by atoms with Crippen LogP contribution in [0.1, 0.15) is 44.9 Å². The summed E-state index contributed by atoms with van der Waals surface area (Å²) in [6.07, 6.45) is 8.40. The Morgan fingerprint density at radius 3 is 2.56 bits per heavy atom. The molecule has 0 aromatic rings. The van der Waals surface area contributed by atoms with Gasteiger partial charge in [0.25, 0.3) is 0 Å². The molecule has 4 heteroatoms. The van der Waals surface area contributed by atoms with Crippen molar-refractivity contribution in [1.82, 2.24) is 5.32 Å². The van der Waals surface area contributed by atoms with Crippen molar-refractivity contribution in [1.29, 1.82) is 0 Å². The van der Waals surface area contributed by atoms with Crippen LogP contribution < -0.4 is 11.1 Å². The molecule has 0 radical (unpaired) electrons. The van der Waals surface area contributed by atoms with Gasteiger partial charge in [-0.3, -0.25) is 4.79 Å². The van der Waals surface area contributed by atoms with Gasteiger partial charge in [-0.1, -0.05) is 12.8 Å². The highest BCUT2D eigenvalue weighted by molar-refractivity contribution is 5.79. The number of amides is 1. The second kappa shape index (κ2) is 5.64. The summed E-state index contributed by atoms with van der Waals surface area (Å²) in [7, 11) is 0. The third-order valence-electron chi connectivity index (χ3n) is 3.42. The van der Waals surface area contributed by atoms with E-state index in [2.05, 4.69) is 5.32 Å². The zero-order valence-electron chi connectivity index (χ0n) is 9.78. The first-order valence-electron chi connectivity index (χ1n) is 6.42. The van der Waals surface area contributed by atoms with Crippen LogP contribution >= 0.6 is 0 Å². The lowest BCUT2D eigenvalue weighted by atomic mass is 10.2. The van der Waals surface area contributed by atoms with Crippen molar-refractivity contribution >= 4 is 5.91 Å². The minimum absolute atomic E-state index is 0.200. The topological polar surface area (TPSA) is 64.4 Å². The highest BCUT2D eigenvalue weighted by Crippen LogP contribution is 2.22. The number of hydrogen-bond donors (Lipinski definition) is 2. The quantitative estimate of drug-likeness (QED) is 0.679. The molecule has 2 saturated carbocycles. The molecule has 2 rings (SSSR count). The van der Waals surface area contributed by atoms with E-state index in [1.54, 1.807) is 0 Å². The van der Waals surface area contributed by atoms with Gasteiger partial charge in [-0.05, 0) is 32.1 Å². The molecule has 0 heterocycles. The Kier molecular flexibility index (Phi) is 4.18. The highest BCUT2D eigenvalue weighted by Gasteiger charge is 2.27. The third kappa shape index (κ3) is 3.76. The maximum Gasteiger partial charge on any atom is 0.234 e. The summed E-state index contributed by atoms with van der Waals surface area (Å²) >= 11 is 0. The molecule has 0 aromatic heterocycles. The van der Waals surface area contributed by atoms with Crippen LogP contribution in [0.5, 0.6) is 0 Å². The zero-order valence-corrected chi connectivity index (χ0v) is 9.78. The highest BCUT2D eigenvalue weighted by atomic mass is 16.5. The lowest BCUT2D eigenvalue weighted by Crippen LogP contribution is -2.43. The second-order valence-electron chi connectivity index (χ2n) is 4.96. The Balaban J connectivity index is 1.62. The van der Waals surface area contributed by atoms with Gasteiger partial charge >= 0.3 is 0 Å². The third-order valence-corrected chi connectivity index (χ3v) is 3.42. The van der Waals surface area contributed by atoms with Crippen molar-refractivity contribution in [2.24, 2.45) is 5.73 Å². The van der Waals surface area contributed by atoms with E-state index in [9.17, 15) is 4.79 Å². The fourth-order valence-electron chi connectivity index (χ4n) is 2.25. The van der Waals surface area contributed by atoms with Crippen LogP contribution in [0.4, 0.5) is 0 Å². The molecular formula is C12H22N2O2. The van der Waals surface area contributed by atoms with E-state index < -0.39 is 0 Å². The number of primary amides is 1. The molecule has 16 heavy (non-hydrogen) atoms. The van der Waals surface area contributed by atoms with Crippen LogP contribution in [0.2, 0.25) is 0 Å². The van der Waals surface area contributed by atoms with Crippen molar-refractivity contribution < 1.29 is 9.53 Å². The van der Waals surface area contributed by atoms with Crippen LogP contribution in [0.25, 0.3) is 0 Å². The van der Waals surface area contributed by atoms with Gasteiger partial charge < -0.3 is 15.8 Å². The van der Waals surface area contributed by atoms with E-state index in [0.29, 0.717) is 25.2 Å². The van der Waals surface area contributed by atoms with Gasteiger partial charge in [-0.15, -0.1) is 0 Å². The van der Waals surface area contributed by atoms with Gasteiger partial charge in [0.2, 0.25) is 5.91 Å². The van der Waals surface area contributed by atoms with Gasteiger partial charge in [-0.25, -0.2) is 0 Å². The van der Waals surface area contributed by atoms with Crippen molar-refractivity contribution in [3.63, 3.8) is 0 Å². The average molecular weight is 226 g/mol. The number of nitrogens with two attached hydrogens (primary N) is 1. The summed E-state index contributed by atoms with van der Waals surface area (Å²) in [5, 5.41) is 3.26. The van der Waals surface area contributed by atoms with Crippen LogP contribution in [0.3, 0.4) is 0 Å². The van der Waals surface area contributed by atoms with Crippen LogP contribution in [0.15, 0.2) is 0 Å². The number of carbonyl (C=O) groups excluding carboxylic acids is 1. The molecule has 0 saturated heterocycles. The predicted octanol–water partition coefficient (Wildman–Crippen LogP) is 0.942. The van der Waals surface area contributed by atoms with Gasteiger partial charge in [0, 0.05) is 12.6 Å². The molecule has 0 spiro atoms. The number of nitrogens with one attached hydrogen (secondary N) is 1. The minimum atomic E-state index is -0.248. The first-order chi connectivity index (χ1) is 7.75. The summed E-state index contributed by atoms with van der Waals surface area (Å²) in [6, 6.07) is 0.317. The second-order valence-corrected chi connectivity index (χ2v) is 4.96. The number of rotatable bonds is 7. The van der Waals surface area contributed by atoms with Crippen LogP contribution in [-0.2, 0) is 9.53 Å². The molecule has 0 aliphatic heterocycles. The summed E-state index contributed by atoms with van der Waals surface area (Å²) in [4.78, 5) is 11.2. The smallest absolute Gasteiger partial charge is 0.234 e. The standard InChI is InChI=1S/C12H22N2O2/c13-12(15)11(14-9-5-6-9)7-8-16-10-3-1-2-4-10/h9-11,14H,1-8H2,(H2,13,15). The van der Waals surface area contributed by atoms with Gasteiger partial charge in [0.05, 0.1) is 12.1 Å². The Bertz CT molecular complexity index is 235. The fraction of sp³-hybridized carbons (Fsp3) is 0.917. The van der Waals surface area contributed by atoms with E-state index in [-0.39, 0.29) is 11.9 Å². The molecule has 2 fully saturated rings. The average Bonchev–Trinajstić information content (AvgIpc) is 2.91. The summed E-state index contributed by atoms with van der Waals surface area (Å²) < 4.78 is 5.74. The SMILES string of the molecule is NC(=O)C(CCOC1CCCC1)NC1CC1. The van der Waals surface area contributed by atoms with Crippen LogP contribution in [0, 0.1) is 0 Å². The molecule has 3 N–H and O–H groups in total. The van der Waals surface area contributed by atoms with E-state index >= 15 is 0 Å². The summed E-state index contributed by atoms with van der Waals surface area (Å²) in [5.41, 5.74) is 5.35. The Morgan fingerprint density at radius 1 is 1.31 bits per heavy atom. The Labute approximate surface area is 96.9 Å². The Morgan fingerprint density at radius 2 is 2.00 bits per heavy atom. The maximum absolute atomic E-state index is 11.2. The van der Waals surface area contributed by atoms with Gasteiger partial charge in [0.1, 0.15) is 0 Å². The molecule has 1 atom stereocenters. The van der Waals surface area contributed by atoms with E-state index in [0.717, 1.165) is 0 Å². The lowest BCUT2D eigenvalue weighted by molar-refractivity contribution is -0.120. The Hall–Kier alpha value is -0.610. The van der Waals surface area contributed by atoms with Crippen molar-refractivity contribution in [3.05, 3.63) is 0 Å². The molecule has 92 valence electrons. The van der Waals surface area contributed by atoms with E-state index in [1.165, 1.54) is 38.5 Å². The fourth-order valence-corrected chi connectivity index (χ4v) is 2.25. The number of ether oxygens (including phenoxy) is 1. The zero-order chi connectivity index (χ0) is 11.4. The lowest BCUT2D eigenvalue weighted by Gasteiger charge is -2.17. The number of carbonyl (C=O) groups is 1. The van der Waals surface area contributed by atoms with E-state index in [4.69, 9.17) is 10.5 Å². The molecule has 2 aliphatic carbocycles. The van der Waals surface area contributed by atoms with Gasteiger partial charge in [-0.2, -0.15) is 0 Å². The number of hydrogen-bond acceptors (Lipinski definition) is 3. The summed E-state index contributed by atoms with van der Waals surface area (Å²) in [6.45, 7) is 0.651. The monoisotopic (exact) mass is 226 g/mol. The molecule has 1 amide bonds. The normalized spacial score (nSPS) is 23.5. The summed E-state index contributed by atoms with van der Waals surface area (Å²) in [5.74, 6) is -0.248. The van der Waals surface area contributed by atoms with Gasteiger partial charge in [0.15, 0.2) is 0 Å². The first kappa shape index (κ1) is 11.9. The maximum atomic E-state index is 11.2. The van der Waals surface area contributed by atoms with Crippen molar-refractivity contribution in [3.8, 4) is 0 Å². The van der Waals surface area contributed by atoms with Crippen LogP contribution in [-0.4, -0.2) is 30.7 Å². The molecule has 0 bridgehead atoms. The predicted molar refractivity (Wildman–Crippen MR) is 62.0 cm³/mol. The molecule has 1 unspecified atom stereocenters. The first-order valence-corrected chi connectivity index (χ1v) is 6.42. The molecular weight excluding hydrogens is 204 g/mol. The minimum Gasteiger partial charge on any atom is -0.378 e.